The van der Waals surface area contributed by atoms with Crippen LogP contribution in [0.1, 0.15) is 12.5 Å². The maximum absolute atomic E-state index is 12.6. The molecule has 0 saturated carbocycles. The molecule has 1 atom stereocenters. The second-order valence-electron chi connectivity index (χ2n) is 3.83. The van der Waals surface area contributed by atoms with E-state index in [2.05, 4.69) is 0 Å². The van der Waals surface area contributed by atoms with Gasteiger partial charge in [0.15, 0.2) is 0 Å². The molecule has 0 bridgehead atoms. The van der Waals surface area contributed by atoms with Gasteiger partial charge >= 0.3 is 0 Å². The molecule has 1 nitrogen and oxygen atoms in total. The zero-order valence-electron chi connectivity index (χ0n) is 8.84. The number of rotatable bonds is 4. The van der Waals surface area contributed by atoms with Gasteiger partial charge < -0.3 is 5.73 Å². The summed E-state index contributed by atoms with van der Waals surface area (Å²) >= 11 is 1.59. The summed E-state index contributed by atoms with van der Waals surface area (Å²) in [7, 11) is 0. The normalized spacial score (nSPS) is 15.3. The van der Waals surface area contributed by atoms with E-state index in [-0.39, 0.29) is 6.42 Å². The number of hydrogen-bond donors (Lipinski definition) is 1. The summed E-state index contributed by atoms with van der Waals surface area (Å²) in [4.78, 5) is 1.07. The Hall–Kier alpha value is -0.610. The third kappa shape index (κ3) is 3.47. The van der Waals surface area contributed by atoms with Gasteiger partial charge in [0.25, 0.3) is 6.43 Å². The fourth-order valence-electron chi connectivity index (χ4n) is 1.30. The average molecular weight is 231 g/mol. The lowest BCUT2D eigenvalue weighted by molar-refractivity contribution is 0.0639. The van der Waals surface area contributed by atoms with Crippen molar-refractivity contribution in [3.8, 4) is 0 Å². The molecule has 2 N–H and O–H groups in total. The maximum Gasteiger partial charge on any atom is 0.256 e. The predicted octanol–water partition coefficient (Wildman–Crippen LogP) is 2.93. The molecule has 1 rings (SSSR count). The highest BCUT2D eigenvalue weighted by Crippen LogP contribution is 2.21. The van der Waals surface area contributed by atoms with Gasteiger partial charge in [0, 0.05) is 4.90 Å². The van der Waals surface area contributed by atoms with Crippen molar-refractivity contribution in [2.24, 2.45) is 5.73 Å². The maximum atomic E-state index is 12.6. The first-order chi connectivity index (χ1) is 6.95. The highest BCUT2D eigenvalue weighted by atomic mass is 32.2. The van der Waals surface area contributed by atoms with Crippen LogP contribution in [0.25, 0.3) is 0 Å². The van der Waals surface area contributed by atoms with E-state index in [0.29, 0.717) is 0 Å². The van der Waals surface area contributed by atoms with E-state index in [0.717, 1.165) is 10.5 Å². The molecule has 1 aromatic carbocycles. The predicted molar refractivity (Wildman–Crippen MR) is 60.5 cm³/mol. The molecular weight excluding hydrogens is 216 g/mol. The lowest BCUT2D eigenvalue weighted by Gasteiger charge is -2.23. The number of halogens is 2. The third-order valence-corrected chi connectivity index (χ3v) is 2.94. The second-order valence-corrected chi connectivity index (χ2v) is 4.71. The minimum atomic E-state index is -2.50. The molecular formula is C11H15F2NS. The molecule has 0 amide bonds. The number of nitrogens with two attached hydrogens (primary N) is 1. The Kier molecular flexibility index (Phi) is 4.11. The Labute approximate surface area is 93.1 Å². The summed E-state index contributed by atoms with van der Waals surface area (Å²) in [6.07, 6.45) is -0.358. The Morgan fingerprint density at radius 3 is 2.67 bits per heavy atom. The van der Waals surface area contributed by atoms with Crippen LogP contribution < -0.4 is 5.73 Å². The van der Waals surface area contributed by atoms with Crippen molar-refractivity contribution in [3.63, 3.8) is 0 Å². The van der Waals surface area contributed by atoms with Crippen molar-refractivity contribution in [1.29, 1.82) is 0 Å². The van der Waals surface area contributed by atoms with Crippen LogP contribution >= 0.6 is 11.8 Å². The van der Waals surface area contributed by atoms with Crippen molar-refractivity contribution in [3.05, 3.63) is 29.8 Å². The second kappa shape index (κ2) is 4.94. The van der Waals surface area contributed by atoms with E-state index < -0.39 is 12.0 Å². The van der Waals surface area contributed by atoms with Crippen molar-refractivity contribution in [2.75, 3.05) is 6.26 Å². The molecule has 0 fully saturated rings. The standard InChI is InChI=1S/C11H15F2NS/c1-11(14,10(12)13)7-8-4-3-5-9(6-8)15-2/h3-6,10H,7,14H2,1-2H3. The van der Waals surface area contributed by atoms with Crippen molar-refractivity contribution >= 4 is 11.8 Å². The fraction of sp³-hybridized carbons (Fsp3) is 0.455. The van der Waals surface area contributed by atoms with Gasteiger partial charge in [-0.3, -0.25) is 0 Å². The van der Waals surface area contributed by atoms with Crippen molar-refractivity contribution in [2.45, 2.75) is 30.2 Å². The first kappa shape index (κ1) is 12.5. The van der Waals surface area contributed by atoms with Gasteiger partial charge in [-0.15, -0.1) is 11.8 Å². The first-order valence-corrected chi connectivity index (χ1v) is 5.88. The van der Waals surface area contributed by atoms with Crippen LogP contribution in [0.2, 0.25) is 0 Å². The van der Waals surface area contributed by atoms with E-state index in [1.54, 1.807) is 11.8 Å². The number of alkyl halides is 2. The van der Waals surface area contributed by atoms with Gasteiger partial charge in [-0.2, -0.15) is 0 Å². The smallest absolute Gasteiger partial charge is 0.256 e. The molecule has 84 valence electrons. The van der Waals surface area contributed by atoms with E-state index in [1.807, 2.05) is 30.5 Å². The zero-order chi connectivity index (χ0) is 11.5. The molecule has 0 aliphatic carbocycles. The molecule has 0 aliphatic rings. The van der Waals surface area contributed by atoms with Gasteiger partial charge in [0.05, 0.1) is 5.54 Å². The van der Waals surface area contributed by atoms with Crippen LogP contribution in [0, 0.1) is 0 Å². The fourth-order valence-corrected chi connectivity index (χ4v) is 1.78. The van der Waals surface area contributed by atoms with Crippen LogP contribution in [0.15, 0.2) is 29.2 Å². The first-order valence-electron chi connectivity index (χ1n) is 4.65. The molecule has 0 heterocycles. The molecule has 1 unspecified atom stereocenters. The van der Waals surface area contributed by atoms with Crippen LogP contribution in [0.4, 0.5) is 8.78 Å². The summed E-state index contributed by atoms with van der Waals surface area (Å²) in [6.45, 7) is 1.38. The lowest BCUT2D eigenvalue weighted by Crippen LogP contribution is -2.45. The Bertz CT molecular complexity index is 326. The van der Waals surface area contributed by atoms with Crippen LogP contribution in [0.3, 0.4) is 0 Å². The monoisotopic (exact) mass is 231 g/mol. The van der Waals surface area contributed by atoms with E-state index in [4.69, 9.17) is 5.73 Å². The minimum Gasteiger partial charge on any atom is -0.320 e. The molecule has 4 heteroatoms. The number of thioether (sulfide) groups is 1. The summed E-state index contributed by atoms with van der Waals surface area (Å²) in [5.74, 6) is 0. The van der Waals surface area contributed by atoms with Gasteiger partial charge in [-0.1, -0.05) is 12.1 Å². The number of hydrogen-bond acceptors (Lipinski definition) is 2. The highest BCUT2D eigenvalue weighted by Gasteiger charge is 2.30. The van der Waals surface area contributed by atoms with E-state index >= 15 is 0 Å². The molecule has 15 heavy (non-hydrogen) atoms. The topological polar surface area (TPSA) is 26.0 Å². The largest absolute Gasteiger partial charge is 0.320 e. The molecule has 0 aliphatic heterocycles. The van der Waals surface area contributed by atoms with Crippen LogP contribution in [0.5, 0.6) is 0 Å². The molecule has 0 aromatic heterocycles. The number of benzene rings is 1. The van der Waals surface area contributed by atoms with Crippen LogP contribution in [-0.2, 0) is 6.42 Å². The van der Waals surface area contributed by atoms with Gasteiger partial charge in [0.1, 0.15) is 0 Å². The highest BCUT2D eigenvalue weighted by molar-refractivity contribution is 7.98. The average Bonchev–Trinajstić information content (AvgIpc) is 2.17. The molecule has 0 radical (unpaired) electrons. The summed E-state index contributed by atoms with van der Waals surface area (Å²) in [5, 5.41) is 0. The summed E-state index contributed by atoms with van der Waals surface area (Å²) in [6, 6.07) is 7.54. The van der Waals surface area contributed by atoms with Gasteiger partial charge in [-0.05, 0) is 37.3 Å². The summed E-state index contributed by atoms with van der Waals surface area (Å²) < 4.78 is 25.1. The Morgan fingerprint density at radius 1 is 1.47 bits per heavy atom. The van der Waals surface area contributed by atoms with Crippen LogP contribution in [-0.4, -0.2) is 18.2 Å². The molecule has 1 aromatic rings. The third-order valence-electron chi connectivity index (χ3n) is 2.22. The Morgan fingerprint density at radius 2 is 2.13 bits per heavy atom. The molecule has 0 saturated heterocycles. The van der Waals surface area contributed by atoms with Crippen molar-refractivity contribution < 1.29 is 8.78 Å². The zero-order valence-corrected chi connectivity index (χ0v) is 9.65. The molecule has 0 spiro atoms. The lowest BCUT2D eigenvalue weighted by atomic mass is 9.94. The van der Waals surface area contributed by atoms with Gasteiger partial charge in [0.2, 0.25) is 0 Å². The van der Waals surface area contributed by atoms with Gasteiger partial charge in [-0.25, -0.2) is 8.78 Å². The SMILES string of the molecule is CSc1cccc(CC(C)(N)C(F)F)c1. The summed E-state index contributed by atoms with van der Waals surface area (Å²) in [5.41, 5.74) is 4.93. The van der Waals surface area contributed by atoms with E-state index in [9.17, 15) is 8.78 Å². The minimum absolute atomic E-state index is 0.194. The van der Waals surface area contributed by atoms with Crippen molar-refractivity contribution in [1.82, 2.24) is 0 Å². The Balaban J connectivity index is 2.80. The van der Waals surface area contributed by atoms with E-state index in [1.165, 1.54) is 6.92 Å². The quantitative estimate of drug-likeness (QED) is 0.806.